The molecule has 0 radical (unpaired) electrons. The van der Waals surface area contributed by atoms with E-state index in [-0.39, 0.29) is 11.5 Å². The highest BCUT2D eigenvalue weighted by molar-refractivity contribution is 5.78. The van der Waals surface area contributed by atoms with Crippen LogP contribution in [0, 0.1) is 5.82 Å². The van der Waals surface area contributed by atoms with Crippen molar-refractivity contribution in [1.29, 1.82) is 0 Å². The van der Waals surface area contributed by atoms with Gasteiger partial charge < -0.3 is 10.3 Å². The third-order valence-electron chi connectivity index (χ3n) is 2.99. The molecule has 2 aromatic heterocycles. The Kier molecular flexibility index (Phi) is 2.48. The number of hydrogen-bond acceptors (Lipinski definition) is 2. The van der Waals surface area contributed by atoms with Crippen LogP contribution >= 0.6 is 0 Å². The number of aromatic nitrogens is 2. The number of hydrogen-bond donors (Lipinski definition) is 1. The van der Waals surface area contributed by atoms with E-state index in [0.717, 1.165) is 16.5 Å². The third-order valence-corrected chi connectivity index (χ3v) is 2.99. The molecule has 2 heterocycles. The molecule has 2 N–H and O–H groups in total. The van der Waals surface area contributed by atoms with E-state index < -0.39 is 0 Å². The molecule has 0 saturated heterocycles. The van der Waals surface area contributed by atoms with Crippen LogP contribution in [0.2, 0.25) is 0 Å². The van der Waals surface area contributed by atoms with Gasteiger partial charge in [0.1, 0.15) is 5.82 Å². The summed E-state index contributed by atoms with van der Waals surface area (Å²) < 4.78 is 15.4. The lowest BCUT2D eigenvalue weighted by molar-refractivity contribution is 0.628. The molecule has 0 amide bonds. The first-order valence-electron chi connectivity index (χ1n) is 5.67. The summed E-state index contributed by atoms with van der Waals surface area (Å²) in [6, 6.07) is 8.85. The first kappa shape index (κ1) is 10.8. The lowest BCUT2D eigenvalue weighted by Gasteiger charge is -2.06. The van der Waals surface area contributed by atoms with E-state index in [0.29, 0.717) is 6.54 Å². The Bertz CT molecular complexity index is 703. The Labute approximate surface area is 104 Å². The van der Waals surface area contributed by atoms with Gasteiger partial charge in [0.05, 0.1) is 11.2 Å². The predicted octanol–water partition coefficient (Wildman–Crippen LogP) is 2.81. The summed E-state index contributed by atoms with van der Waals surface area (Å²) in [5.74, 6) is -0.370. The fraction of sp³-hybridized carbons (Fsp3) is 0.0714. The van der Waals surface area contributed by atoms with Crippen LogP contribution < -0.4 is 5.73 Å². The van der Waals surface area contributed by atoms with E-state index in [1.165, 1.54) is 6.07 Å². The van der Waals surface area contributed by atoms with Gasteiger partial charge in [0.2, 0.25) is 0 Å². The number of benzene rings is 1. The predicted molar refractivity (Wildman–Crippen MR) is 69.6 cm³/mol. The molecule has 18 heavy (non-hydrogen) atoms. The Morgan fingerprint density at radius 2 is 2.11 bits per heavy atom. The number of fused-ring (bicyclic) bond motifs is 1. The number of rotatable bonds is 2. The molecule has 0 spiro atoms. The van der Waals surface area contributed by atoms with Gasteiger partial charge in [-0.25, -0.2) is 4.39 Å². The van der Waals surface area contributed by atoms with Crippen molar-refractivity contribution in [1.82, 2.24) is 9.55 Å². The van der Waals surface area contributed by atoms with Crippen LogP contribution in [0.4, 0.5) is 10.1 Å². The van der Waals surface area contributed by atoms with Crippen LogP contribution in [0.3, 0.4) is 0 Å². The molecule has 0 atom stereocenters. The van der Waals surface area contributed by atoms with Gasteiger partial charge >= 0.3 is 0 Å². The largest absolute Gasteiger partial charge is 0.396 e. The monoisotopic (exact) mass is 241 g/mol. The quantitative estimate of drug-likeness (QED) is 0.701. The summed E-state index contributed by atoms with van der Waals surface area (Å²) >= 11 is 0. The molecule has 90 valence electrons. The smallest absolute Gasteiger partial charge is 0.146 e. The first-order valence-corrected chi connectivity index (χ1v) is 5.67. The lowest BCUT2D eigenvalue weighted by Crippen LogP contribution is -1.99. The van der Waals surface area contributed by atoms with Crippen molar-refractivity contribution in [3.63, 3.8) is 0 Å². The molecule has 4 heteroatoms. The molecule has 3 nitrogen and oxygen atoms in total. The van der Waals surface area contributed by atoms with Crippen LogP contribution in [0.5, 0.6) is 0 Å². The molecular formula is C14H12FN3. The maximum Gasteiger partial charge on any atom is 0.146 e. The zero-order chi connectivity index (χ0) is 12.5. The fourth-order valence-corrected chi connectivity index (χ4v) is 2.04. The van der Waals surface area contributed by atoms with Crippen molar-refractivity contribution in [2.75, 3.05) is 5.73 Å². The minimum Gasteiger partial charge on any atom is -0.396 e. The summed E-state index contributed by atoms with van der Waals surface area (Å²) in [4.78, 5) is 4.07. The van der Waals surface area contributed by atoms with Crippen LogP contribution in [0.15, 0.2) is 48.9 Å². The van der Waals surface area contributed by atoms with E-state index in [1.807, 2.05) is 30.6 Å². The number of nitrogens with two attached hydrogens (primary N) is 1. The maximum absolute atomic E-state index is 13.4. The van der Waals surface area contributed by atoms with Gasteiger partial charge in [0, 0.05) is 30.5 Å². The van der Waals surface area contributed by atoms with Gasteiger partial charge in [-0.15, -0.1) is 0 Å². The minimum atomic E-state index is -0.370. The van der Waals surface area contributed by atoms with E-state index in [1.54, 1.807) is 12.3 Å². The summed E-state index contributed by atoms with van der Waals surface area (Å²) in [6.07, 6.45) is 5.54. The summed E-state index contributed by atoms with van der Waals surface area (Å²) in [7, 11) is 0. The molecule has 3 rings (SSSR count). The standard InChI is InChI=1S/C14H12FN3/c15-12-7-10(1-2-13(12)16)9-18-6-4-11-8-17-5-3-14(11)18/h1-8H,9,16H2. The summed E-state index contributed by atoms with van der Waals surface area (Å²) in [5.41, 5.74) is 7.61. The van der Waals surface area contributed by atoms with E-state index in [4.69, 9.17) is 5.73 Å². The van der Waals surface area contributed by atoms with Crippen LogP contribution in [-0.2, 0) is 6.54 Å². The van der Waals surface area contributed by atoms with Crippen LogP contribution in [0.25, 0.3) is 10.9 Å². The van der Waals surface area contributed by atoms with Crippen molar-refractivity contribution in [2.24, 2.45) is 0 Å². The minimum absolute atomic E-state index is 0.181. The molecule has 0 aliphatic heterocycles. The Balaban J connectivity index is 1.98. The van der Waals surface area contributed by atoms with Crippen molar-refractivity contribution in [3.8, 4) is 0 Å². The Hall–Kier alpha value is -2.36. The van der Waals surface area contributed by atoms with Gasteiger partial charge in [-0.1, -0.05) is 6.07 Å². The van der Waals surface area contributed by atoms with E-state index >= 15 is 0 Å². The van der Waals surface area contributed by atoms with E-state index in [2.05, 4.69) is 9.55 Å². The number of pyridine rings is 1. The van der Waals surface area contributed by atoms with Crippen molar-refractivity contribution in [2.45, 2.75) is 6.54 Å². The Morgan fingerprint density at radius 3 is 2.94 bits per heavy atom. The summed E-state index contributed by atoms with van der Waals surface area (Å²) in [5, 5.41) is 1.08. The fourth-order valence-electron chi connectivity index (χ4n) is 2.04. The molecule has 0 saturated carbocycles. The maximum atomic E-state index is 13.4. The molecule has 0 aliphatic rings. The van der Waals surface area contributed by atoms with Crippen LogP contribution in [0.1, 0.15) is 5.56 Å². The third kappa shape index (κ3) is 1.82. The first-order chi connectivity index (χ1) is 8.74. The van der Waals surface area contributed by atoms with Crippen molar-refractivity contribution < 1.29 is 4.39 Å². The zero-order valence-corrected chi connectivity index (χ0v) is 9.68. The molecule has 0 aliphatic carbocycles. The molecule has 1 aromatic carbocycles. The zero-order valence-electron chi connectivity index (χ0n) is 9.68. The Morgan fingerprint density at radius 1 is 1.22 bits per heavy atom. The van der Waals surface area contributed by atoms with Crippen molar-refractivity contribution >= 4 is 16.6 Å². The molecule has 0 fully saturated rings. The lowest BCUT2D eigenvalue weighted by atomic mass is 10.2. The SMILES string of the molecule is Nc1ccc(Cn2ccc3cnccc32)cc1F. The van der Waals surface area contributed by atoms with Gasteiger partial charge in [0.25, 0.3) is 0 Å². The van der Waals surface area contributed by atoms with E-state index in [9.17, 15) is 4.39 Å². The molecule has 3 aromatic rings. The number of nitrogens with zero attached hydrogens (tertiary/aromatic N) is 2. The van der Waals surface area contributed by atoms with Crippen LogP contribution in [-0.4, -0.2) is 9.55 Å². The number of nitrogen functional groups attached to an aromatic ring is 1. The molecule has 0 unspecified atom stereocenters. The average Bonchev–Trinajstić information content (AvgIpc) is 2.78. The normalized spacial score (nSPS) is 10.9. The van der Waals surface area contributed by atoms with Gasteiger partial charge in [0.15, 0.2) is 0 Å². The molecule has 0 bridgehead atoms. The second-order valence-electron chi connectivity index (χ2n) is 4.23. The second-order valence-corrected chi connectivity index (χ2v) is 4.23. The molecular weight excluding hydrogens is 229 g/mol. The highest BCUT2D eigenvalue weighted by Crippen LogP contribution is 2.17. The number of halogens is 1. The number of anilines is 1. The highest BCUT2D eigenvalue weighted by Gasteiger charge is 2.04. The average molecular weight is 241 g/mol. The van der Waals surface area contributed by atoms with Gasteiger partial charge in [-0.2, -0.15) is 0 Å². The second kappa shape index (κ2) is 4.14. The van der Waals surface area contributed by atoms with Crippen molar-refractivity contribution in [3.05, 3.63) is 60.3 Å². The summed E-state index contributed by atoms with van der Waals surface area (Å²) in [6.45, 7) is 0.616. The highest BCUT2D eigenvalue weighted by atomic mass is 19.1. The van der Waals surface area contributed by atoms with Gasteiger partial charge in [-0.3, -0.25) is 4.98 Å². The van der Waals surface area contributed by atoms with Gasteiger partial charge in [-0.05, 0) is 29.8 Å². The topological polar surface area (TPSA) is 43.8 Å².